The van der Waals surface area contributed by atoms with Crippen molar-refractivity contribution in [3.05, 3.63) is 59.4 Å². The lowest BCUT2D eigenvalue weighted by molar-refractivity contribution is 0.283. The summed E-state index contributed by atoms with van der Waals surface area (Å²) < 4.78 is 54.7. The van der Waals surface area contributed by atoms with E-state index in [9.17, 15) is 17.2 Å². The average Bonchev–Trinajstić information content (AvgIpc) is 2.63. The summed E-state index contributed by atoms with van der Waals surface area (Å²) in [7, 11) is -3.56. The van der Waals surface area contributed by atoms with Crippen LogP contribution in [0.3, 0.4) is 0 Å². The molecule has 1 aromatic heterocycles. The highest BCUT2D eigenvalue weighted by molar-refractivity contribution is 7.89. The Labute approximate surface area is 159 Å². The molecule has 0 bridgehead atoms. The number of rotatable bonds is 6. The van der Waals surface area contributed by atoms with Crippen molar-refractivity contribution in [3.8, 4) is 0 Å². The maximum Gasteiger partial charge on any atom is 0.240 e. The highest BCUT2D eigenvalue weighted by Gasteiger charge is 2.29. The normalized spacial score (nSPS) is 20.6. The summed E-state index contributed by atoms with van der Waals surface area (Å²) in [5, 5.41) is 0. The van der Waals surface area contributed by atoms with Gasteiger partial charge in [0, 0.05) is 12.1 Å². The van der Waals surface area contributed by atoms with Crippen LogP contribution in [0, 0.1) is 24.7 Å². The molecule has 1 aromatic carbocycles. The molecule has 0 saturated heterocycles. The van der Waals surface area contributed by atoms with Crippen molar-refractivity contribution in [2.24, 2.45) is 5.92 Å². The van der Waals surface area contributed by atoms with Gasteiger partial charge in [-0.1, -0.05) is 30.5 Å². The molecule has 1 fully saturated rings. The first-order valence-electron chi connectivity index (χ1n) is 9.25. The third-order valence-corrected chi connectivity index (χ3v) is 6.77. The summed E-state index contributed by atoms with van der Waals surface area (Å²) in [6, 6.07) is 9.34. The fourth-order valence-corrected chi connectivity index (χ4v) is 4.89. The minimum Gasteiger partial charge on any atom is -0.211 e. The van der Waals surface area contributed by atoms with Gasteiger partial charge in [0.1, 0.15) is 0 Å². The molecular weight excluding hydrogens is 370 g/mol. The van der Waals surface area contributed by atoms with Gasteiger partial charge in [-0.25, -0.2) is 13.1 Å². The van der Waals surface area contributed by atoms with Crippen LogP contribution in [0.5, 0.6) is 0 Å². The molecule has 2 aromatic rings. The van der Waals surface area contributed by atoms with Crippen LogP contribution in [0.15, 0.2) is 41.3 Å². The van der Waals surface area contributed by atoms with Crippen LogP contribution < -0.4 is 4.72 Å². The van der Waals surface area contributed by atoms with E-state index in [1.165, 1.54) is 12.1 Å². The summed E-state index contributed by atoms with van der Waals surface area (Å²) in [5.41, 5.74) is 1.43. The van der Waals surface area contributed by atoms with E-state index in [0.717, 1.165) is 31.2 Å². The van der Waals surface area contributed by atoms with Crippen molar-refractivity contribution in [1.82, 2.24) is 9.71 Å². The maximum absolute atomic E-state index is 14.1. The number of sulfonamides is 1. The standard InChI is InChI=1S/C20H24F2N2O2S/c1-14-6-8-16(9-7-14)27(25,26)23-13-12-15-4-2-3-5-17(15)18-10-11-19(21)24-20(18)22/h6-11,15,17,23H,2-5,12-13H2,1H3. The molecule has 7 heteroatoms. The van der Waals surface area contributed by atoms with Crippen molar-refractivity contribution in [3.63, 3.8) is 0 Å². The van der Waals surface area contributed by atoms with E-state index in [2.05, 4.69) is 9.71 Å². The summed E-state index contributed by atoms with van der Waals surface area (Å²) in [4.78, 5) is 3.54. The summed E-state index contributed by atoms with van der Waals surface area (Å²) in [5.74, 6) is -1.50. The lowest BCUT2D eigenvalue weighted by Gasteiger charge is -2.32. The van der Waals surface area contributed by atoms with Crippen LogP contribution in [0.4, 0.5) is 8.78 Å². The molecule has 1 N–H and O–H groups in total. The minimum atomic E-state index is -3.56. The smallest absolute Gasteiger partial charge is 0.211 e. The zero-order chi connectivity index (χ0) is 19.4. The molecule has 0 amide bonds. The Morgan fingerprint density at radius 3 is 2.48 bits per heavy atom. The van der Waals surface area contributed by atoms with Crippen molar-refractivity contribution in [1.29, 1.82) is 0 Å². The van der Waals surface area contributed by atoms with E-state index in [4.69, 9.17) is 0 Å². The van der Waals surface area contributed by atoms with Gasteiger partial charge in [0.05, 0.1) is 4.90 Å². The highest BCUT2D eigenvalue weighted by atomic mass is 32.2. The summed E-state index contributed by atoms with van der Waals surface area (Å²) >= 11 is 0. The molecule has 1 aliphatic carbocycles. The molecule has 0 spiro atoms. The third-order valence-electron chi connectivity index (χ3n) is 5.29. The topological polar surface area (TPSA) is 59.1 Å². The maximum atomic E-state index is 14.1. The second-order valence-electron chi connectivity index (χ2n) is 7.16. The van der Waals surface area contributed by atoms with Crippen molar-refractivity contribution in [2.75, 3.05) is 6.54 Å². The Morgan fingerprint density at radius 1 is 1.07 bits per heavy atom. The SMILES string of the molecule is Cc1ccc(S(=O)(=O)NCCC2CCCCC2c2ccc(F)nc2F)cc1. The second-order valence-corrected chi connectivity index (χ2v) is 8.93. The van der Waals surface area contributed by atoms with Crippen molar-refractivity contribution >= 4 is 10.0 Å². The molecule has 0 aliphatic heterocycles. The molecule has 1 heterocycles. The molecule has 2 atom stereocenters. The van der Waals surface area contributed by atoms with Crippen LogP contribution in [0.25, 0.3) is 0 Å². The Bertz CT molecular complexity index is 885. The van der Waals surface area contributed by atoms with E-state index in [-0.39, 0.29) is 23.3 Å². The number of aromatic nitrogens is 1. The fourth-order valence-electron chi connectivity index (χ4n) is 3.84. The highest BCUT2D eigenvalue weighted by Crippen LogP contribution is 2.40. The molecule has 146 valence electrons. The first-order valence-corrected chi connectivity index (χ1v) is 10.7. The van der Waals surface area contributed by atoms with Gasteiger partial charge in [-0.15, -0.1) is 0 Å². The number of hydrogen-bond donors (Lipinski definition) is 1. The van der Waals surface area contributed by atoms with E-state index in [1.54, 1.807) is 24.3 Å². The van der Waals surface area contributed by atoms with Gasteiger partial charge in [-0.2, -0.15) is 13.8 Å². The van der Waals surface area contributed by atoms with Gasteiger partial charge < -0.3 is 0 Å². The predicted octanol–water partition coefficient (Wildman–Crippen LogP) is 4.31. The van der Waals surface area contributed by atoms with Crippen LogP contribution in [0.1, 0.15) is 49.1 Å². The number of halogens is 2. The molecule has 3 rings (SSSR count). The fraction of sp³-hybridized carbons (Fsp3) is 0.450. The van der Waals surface area contributed by atoms with Gasteiger partial charge in [0.2, 0.25) is 21.9 Å². The number of nitrogens with zero attached hydrogens (tertiary/aromatic N) is 1. The molecule has 4 nitrogen and oxygen atoms in total. The first-order chi connectivity index (χ1) is 12.9. The Hall–Kier alpha value is -1.86. The largest absolute Gasteiger partial charge is 0.240 e. The Kier molecular flexibility index (Phi) is 6.22. The number of pyridine rings is 1. The number of nitrogens with one attached hydrogen (secondary N) is 1. The van der Waals surface area contributed by atoms with Crippen LogP contribution >= 0.6 is 0 Å². The van der Waals surface area contributed by atoms with Gasteiger partial charge in [0.15, 0.2) is 0 Å². The number of hydrogen-bond acceptors (Lipinski definition) is 3. The van der Waals surface area contributed by atoms with E-state index >= 15 is 0 Å². The first kappa shape index (κ1) is 19.9. The van der Waals surface area contributed by atoms with Crippen LogP contribution in [-0.4, -0.2) is 19.9 Å². The quantitative estimate of drug-likeness (QED) is 0.743. The van der Waals surface area contributed by atoms with E-state index in [1.807, 2.05) is 6.92 Å². The molecule has 0 radical (unpaired) electrons. The summed E-state index contributed by atoms with van der Waals surface area (Å²) in [6.45, 7) is 2.18. The monoisotopic (exact) mass is 394 g/mol. The van der Waals surface area contributed by atoms with Crippen LogP contribution in [-0.2, 0) is 10.0 Å². The molecule has 1 saturated carbocycles. The van der Waals surface area contributed by atoms with Gasteiger partial charge in [-0.05, 0) is 62.3 Å². The summed E-state index contributed by atoms with van der Waals surface area (Å²) in [6.07, 6.45) is 4.31. The van der Waals surface area contributed by atoms with E-state index < -0.39 is 21.9 Å². The zero-order valence-corrected chi connectivity index (χ0v) is 16.1. The van der Waals surface area contributed by atoms with Gasteiger partial charge >= 0.3 is 0 Å². The van der Waals surface area contributed by atoms with Gasteiger partial charge in [-0.3, -0.25) is 0 Å². The number of benzene rings is 1. The minimum absolute atomic E-state index is 0.0595. The van der Waals surface area contributed by atoms with Gasteiger partial charge in [0.25, 0.3) is 0 Å². The molecule has 2 unspecified atom stereocenters. The predicted molar refractivity (Wildman–Crippen MR) is 99.8 cm³/mol. The molecule has 1 aliphatic rings. The lowest BCUT2D eigenvalue weighted by atomic mass is 9.74. The Morgan fingerprint density at radius 2 is 1.78 bits per heavy atom. The lowest BCUT2D eigenvalue weighted by Crippen LogP contribution is -2.28. The third kappa shape index (κ3) is 4.90. The molecular formula is C20H24F2N2O2S. The van der Waals surface area contributed by atoms with Crippen molar-refractivity contribution < 1.29 is 17.2 Å². The number of aryl methyl sites for hydroxylation is 1. The molecule has 27 heavy (non-hydrogen) atoms. The van der Waals surface area contributed by atoms with E-state index in [0.29, 0.717) is 12.0 Å². The average molecular weight is 394 g/mol. The van der Waals surface area contributed by atoms with Crippen LogP contribution in [0.2, 0.25) is 0 Å². The second kappa shape index (κ2) is 8.44. The van der Waals surface area contributed by atoms with Crippen molar-refractivity contribution in [2.45, 2.75) is 49.8 Å². The Balaban J connectivity index is 1.65. The zero-order valence-electron chi connectivity index (χ0n) is 15.3.